The van der Waals surface area contributed by atoms with Crippen LogP contribution in [-0.4, -0.2) is 17.1 Å². The van der Waals surface area contributed by atoms with Crippen molar-refractivity contribution in [1.82, 2.24) is 5.32 Å². The molecule has 0 radical (unpaired) electrons. The zero-order chi connectivity index (χ0) is 13.9. The lowest BCUT2D eigenvalue weighted by Gasteiger charge is -2.30. The average Bonchev–Trinajstić information content (AvgIpc) is 2.27. The van der Waals surface area contributed by atoms with E-state index >= 15 is 0 Å². The van der Waals surface area contributed by atoms with E-state index in [4.69, 9.17) is 0 Å². The maximum Gasteiger partial charge on any atom is 0.328 e. The molecule has 3 nitrogen and oxygen atoms in total. The molecule has 0 bridgehead atoms. The monoisotopic (exact) mass is 249 g/mol. The van der Waals surface area contributed by atoms with Crippen molar-refractivity contribution in [1.29, 1.82) is 0 Å². The molecule has 1 aromatic rings. The van der Waals surface area contributed by atoms with Crippen molar-refractivity contribution in [2.24, 2.45) is 0 Å². The molecule has 1 rings (SSSR count). The van der Waals surface area contributed by atoms with Crippen molar-refractivity contribution in [2.75, 3.05) is 0 Å². The van der Waals surface area contributed by atoms with E-state index in [0.717, 1.165) is 23.1 Å². The van der Waals surface area contributed by atoms with Gasteiger partial charge in [-0.1, -0.05) is 36.2 Å². The molecule has 100 valence electrons. The standard InChI is InChI=1S/C15H23NO2/c1-6-12(4)16-15(5,14(17)18)13-8-10(2)7-11(3)9-13/h7-9,12,16H,6H2,1-5H3,(H,17,18). The summed E-state index contributed by atoms with van der Waals surface area (Å²) >= 11 is 0. The Morgan fingerprint density at radius 1 is 1.33 bits per heavy atom. The van der Waals surface area contributed by atoms with Gasteiger partial charge >= 0.3 is 5.97 Å². The smallest absolute Gasteiger partial charge is 0.328 e. The Hall–Kier alpha value is -1.35. The minimum Gasteiger partial charge on any atom is -0.480 e. The molecule has 2 N–H and O–H groups in total. The van der Waals surface area contributed by atoms with Crippen molar-refractivity contribution in [3.63, 3.8) is 0 Å². The number of carbonyl (C=O) groups is 1. The Balaban J connectivity index is 3.22. The first-order valence-corrected chi connectivity index (χ1v) is 6.39. The van der Waals surface area contributed by atoms with Crippen LogP contribution in [0.1, 0.15) is 43.9 Å². The number of nitrogens with one attached hydrogen (secondary N) is 1. The number of carboxylic acids is 1. The number of hydrogen-bond donors (Lipinski definition) is 2. The fourth-order valence-corrected chi connectivity index (χ4v) is 2.13. The first-order valence-electron chi connectivity index (χ1n) is 6.39. The second-order valence-electron chi connectivity index (χ2n) is 5.26. The first kappa shape index (κ1) is 14.7. The predicted molar refractivity (Wildman–Crippen MR) is 73.8 cm³/mol. The van der Waals surface area contributed by atoms with E-state index in [1.165, 1.54) is 0 Å². The van der Waals surface area contributed by atoms with Crippen molar-refractivity contribution < 1.29 is 9.90 Å². The summed E-state index contributed by atoms with van der Waals surface area (Å²) in [6.45, 7) is 9.75. The van der Waals surface area contributed by atoms with Gasteiger partial charge < -0.3 is 5.11 Å². The van der Waals surface area contributed by atoms with Gasteiger partial charge in [0, 0.05) is 6.04 Å². The highest BCUT2D eigenvalue weighted by Crippen LogP contribution is 2.24. The Bertz CT molecular complexity index is 422. The predicted octanol–water partition coefficient (Wildman–Crippen LogP) is 2.99. The molecule has 0 saturated carbocycles. The fourth-order valence-electron chi connectivity index (χ4n) is 2.13. The molecular weight excluding hydrogens is 226 g/mol. The third-order valence-corrected chi connectivity index (χ3v) is 3.37. The Labute approximate surface area is 109 Å². The molecule has 0 saturated heterocycles. The molecule has 3 heteroatoms. The van der Waals surface area contributed by atoms with Crippen LogP contribution in [0.5, 0.6) is 0 Å². The zero-order valence-corrected chi connectivity index (χ0v) is 11.9. The number of rotatable bonds is 5. The maximum absolute atomic E-state index is 11.6. The van der Waals surface area contributed by atoms with Crippen LogP contribution in [0, 0.1) is 13.8 Å². The molecule has 2 unspecified atom stereocenters. The number of aliphatic carboxylic acids is 1. The molecule has 1 aromatic carbocycles. The molecule has 0 aromatic heterocycles. The summed E-state index contributed by atoms with van der Waals surface area (Å²) in [4.78, 5) is 11.6. The average molecular weight is 249 g/mol. The van der Waals surface area contributed by atoms with E-state index < -0.39 is 11.5 Å². The summed E-state index contributed by atoms with van der Waals surface area (Å²) in [5.41, 5.74) is 1.95. The van der Waals surface area contributed by atoms with Crippen molar-refractivity contribution in [2.45, 2.75) is 52.6 Å². The second-order valence-corrected chi connectivity index (χ2v) is 5.26. The van der Waals surface area contributed by atoms with Gasteiger partial charge in [-0.3, -0.25) is 5.32 Å². The van der Waals surface area contributed by atoms with Gasteiger partial charge in [-0.15, -0.1) is 0 Å². The summed E-state index contributed by atoms with van der Waals surface area (Å²) in [6, 6.07) is 6.09. The van der Waals surface area contributed by atoms with Crippen LogP contribution >= 0.6 is 0 Å². The summed E-state index contributed by atoms with van der Waals surface area (Å²) < 4.78 is 0. The Kier molecular flexibility index (Phi) is 4.52. The van der Waals surface area contributed by atoms with Crippen LogP contribution in [0.25, 0.3) is 0 Å². The van der Waals surface area contributed by atoms with E-state index in [9.17, 15) is 9.90 Å². The lowest BCUT2D eigenvalue weighted by atomic mass is 9.88. The third kappa shape index (κ3) is 3.10. The van der Waals surface area contributed by atoms with Gasteiger partial charge in [0.05, 0.1) is 0 Å². The van der Waals surface area contributed by atoms with Crippen molar-refractivity contribution in [3.05, 3.63) is 34.9 Å². The number of aryl methyl sites for hydroxylation is 2. The lowest BCUT2D eigenvalue weighted by molar-refractivity contribution is -0.145. The number of carboxylic acid groups (broad SMARTS) is 1. The van der Waals surface area contributed by atoms with Gasteiger partial charge in [0.2, 0.25) is 0 Å². The largest absolute Gasteiger partial charge is 0.480 e. The molecule has 0 amide bonds. The molecular formula is C15H23NO2. The molecule has 0 aliphatic carbocycles. The second kappa shape index (κ2) is 5.53. The quantitative estimate of drug-likeness (QED) is 0.843. The minimum absolute atomic E-state index is 0.159. The van der Waals surface area contributed by atoms with E-state index in [-0.39, 0.29) is 6.04 Å². The Morgan fingerprint density at radius 2 is 1.83 bits per heavy atom. The van der Waals surface area contributed by atoms with Gasteiger partial charge in [-0.05, 0) is 39.7 Å². The van der Waals surface area contributed by atoms with Gasteiger partial charge in [0.25, 0.3) is 0 Å². The van der Waals surface area contributed by atoms with Crippen LogP contribution < -0.4 is 5.32 Å². The maximum atomic E-state index is 11.6. The fraction of sp³-hybridized carbons (Fsp3) is 0.533. The van der Waals surface area contributed by atoms with Gasteiger partial charge in [0.1, 0.15) is 5.54 Å². The molecule has 0 aliphatic heterocycles. The van der Waals surface area contributed by atoms with Gasteiger partial charge in [-0.25, -0.2) is 4.79 Å². The summed E-state index contributed by atoms with van der Waals surface area (Å²) in [7, 11) is 0. The van der Waals surface area contributed by atoms with E-state index in [1.807, 2.05) is 39.8 Å². The Morgan fingerprint density at radius 3 is 2.22 bits per heavy atom. The normalized spacial score (nSPS) is 16.1. The summed E-state index contributed by atoms with van der Waals surface area (Å²) in [5.74, 6) is -0.840. The molecule has 0 fully saturated rings. The first-order chi connectivity index (χ1) is 8.29. The van der Waals surface area contributed by atoms with Gasteiger partial charge in [-0.2, -0.15) is 0 Å². The zero-order valence-electron chi connectivity index (χ0n) is 11.9. The van der Waals surface area contributed by atoms with Crippen molar-refractivity contribution in [3.8, 4) is 0 Å². The third-order valence-electron chi connectivity index (χ3n) is 3.37. The minimum atomic E-state index is -1.04. The number of hydrogen-bond acceptors (Lipinski definition) is 2. The van der Waals surface area contributed by atoms with E-state index in [1.54, 1.807) is 6.92 Å². The molecule has 18 heavy (non-hydrogen) atoms. The highest BCUT2D eigenvalue weighted by molar-refractivity contribution is 5.80. The van der Waals surface area contributed by atoms with Gasteiger partial charge in [0.15, 0.2) is 0 Å². The van der Waals surface area contributed by atoms with Crippen LogP contribution in [0.15, 0.2) is 18.2 Å². The van der Waals surface area contributed by atoms with E-state index in [2.05, 4.69) is 11.4 Å². The molecule has 0 aliphatic rings. The number of benzene rings is 1. The SMILES string of the molecule is CCC(C)NC(C)(C(=O)O)c1cc(C)cc(C)c1. The molecule has 2 atom stereocenters. The van der Waals surface area contributed by atoms with Crippen molar-refractivity contribution >= 4 is 5.97 Å². The molecule has 0 spiro atoms. The highest BCUT2D eigenvalue weighted by atomic mass is 16.4. The molecule has 0 heterocycles. The van der Waals surface area contributed by atoms with Crippen LogP contribution in [-0.2, 0) is 10.3 Å². The highest BCUT2D eigenvalue weighted by Gasteiger charge is 2.36. The van der Waals surface area contributed by atoms with Crippen LogP contribution in [0.4, 0.5) is 0 Å². The lowest BCUT2D eigenvalue weighted by Crippen LogP contribution is -2.50. The topological polar surface area (TPSA) is 49.3 Å². The van der Waals surface area contributed by atoms with Crippen LogP contribution in [0.3, 0.4) is 0 Å². The van der Waals surface area contributed by atoms with E-state index in [0.29, 0.717) is 0 Å². The summed E-state index contributed by atoms with van der Waals surface area (Å²) in [6.07, 6.45) is 0.896. The summed E-state index contributed by atoms with van der Waals surface area (Å²) in [5, 5.41) is 12.8. The van der Waals surface area contributed by atoms with Crippen LogP contribution in [0.2, 0.25) is 0 Å².